The molecule has 0 aromatic carbocycles. The fourth-order valence-electron chi connectivity index (χ4n) is 1.28. The van der Waals surface area contributed by atoms with Crippen molar-refractivity contribution < 1.29 is 4.74 Å². The number of rotatable bonds is 7. The summed E-state index contributed by atoms with van der Waals surface area (Å²) in [6.07, 6.45) is 1.09. The van der Waals surface area contributed by atoms with Gasteiger partial charge in [0.25, 0.3) is 0 Å². The largest absolute Gasteiger partial charge is 0.382 e. The van der Waals surface area contributed by atoms with Crippen LogP contribution in [0.5, 0.6) is 0 Å². The Bertz CT molecular complexity index is 223. The molecule has 0 saturated heterocycles. The molecule has 1 rings (SSSR count). The topological polar surface area (TPSA) is 21.3 Å². The predicted molar refractivity (Wildman–Crippen MR) is 61.8 cm³/mol. The molecule has 0 radical (unpaired) electrons. The van der Waals surface area contributed by atoms with Crippen molar-refractivity contribution in [3.05, 3.63) is 22.4 Å². The van der Waals surface area contributed by atoms with E-state index in [1.807, 2.05) is 6.92 Å². The average molecular weight is 213 g/mol. The highest BCUT2D eigenvalue weighted by Crippen LogP contribution is 2.17. The highest BCUT2D eigenvalue weighted by Gasteiger charge is 2.03. The molecule has 0 saturated carbocycles. The molecule has 0 amide bonds. The molecule has 2 nitrogen and oxygen atoms in total. The van der Waals surface area contributed by atoms with Crippen LogP contribution >= 0.6 is 11.3 Å². The van der Waals surface area contributed by atoms with Gasteiger partial charge in [-0.3, -0.25) is 0 Å². The zero-order chi connectivity index (χ0) is 10.2. The van der Waals surface area contributed by atoms with Gasteiger partial charge in [-0.1, -0.05) is 6.07 Å². The highest BCUT2D eigenvalue weighted by molar-refractivity contribution is 7.10. The smallest absolute Gasteiger partial charge is 0.0477 e. The summed E-state index contributed by atoms with van der Waals surface area (Å²) in [5.74, 6) is 0. The normalized spacial score (nSPS) is 13.0. The van der Waals surface area contributed by atoms with Gasteiger partial charge in [-0.05, 0) is 38.3 Å². The van der Waals surface area contributed by atoms with E-state index in [4.69, 9.17) is 4.74 Å². The standard InChI is InChI=1S/C11H19NOS/c1-3-13-8-5-7-12-10(2)11-6-4-9-14-11/h4,6,9-10,12H,3,5,7-8H2,1-2H3/t10-/m1/s1. The lowest BCUT2D eigenvalue weighted by Gasteiger charge is -2.11. The van der Waals surface area contributed by atoms with Gasteiger partial charge in [0.1, 0.15) is 0 Å². The van der Waals surface area contributed by atoms with Crippen LogP contribution in [-0.4, -0.2) is 19.8 Å². The lowest BCUT2D eigenvalue weighted by Crippen LogP contribution is -2.20. The third-order valence-electron chi connectivity index (χ3n) is 2.09. The molecule has 0 fully saturated rings. The Labute approximate surface area is 90.3 Å². The Kier molecular flexibility index (Phi) is 5.83. The van der Waals surface area contributed by atoms with Crippen LogP contribution in [0, 0.1) is 0 Å². The molecule has 14 heavy (non-hydrogen) atoms. The highest BCUT2D eigenvalue weighted by atomic mass is 32.1. The van der Waals surface area contributed by atoms with Crippen LogP contribution in [0.3, 0.4) is 0 Å². The van der Waals surface area contributed by atoms with Crippen LogP contribution in [0.1, 0.15) is 31.2 Å². The lowest BCUT2D eigenvalue weighted by molar-refractivity contribution is 0.144. The van der Waals surface area contributed by atoms with E-state index < -0.39 is 0 Å². The first-order valence-electron chi connectivity index (χ1n) is 5.19. The van der Waals surface area contributed by atoms with Crippen molar-refractivity contribution in [1.29, 1.82) is 0 Å². The van der Waals surface area contributed by atoms with Gasteiger partial charge >= 0.3 is 0 Å². The number of nitrogens with one attached hydrogen (secondary N) is 1. The second-order valence-electron chi connectivity index (χ2n) is 3.24. The second kappa shape index (κ2) is 6.98. The second-order valence-corrected chi connectivity index (χ2v) is 4.22. The zero-order valence-corrected chi connectivity index (χ0v) is 9.77. The van der Waals surface area contributed by atoms with Gasteiger partial charge in [0.15, 0.2) is 0 Å². The molecule has 80 valence electrons. The fourth-order valence-corrected chi connectivity index (χ4v) is 2.03. The van der Waals surface area contributed by atoms with E-state index in [0.717, 1.165) is 26.2 Å². The van der Waals surface area contributed by atoms with Crippen LogP contribution in [0.15, 0.2) is 17.5 Å². The molecule has 0 spiro atoms. The number of hydrogen-bond donors (Lipinski definition) is 1. The van der Waals surface area contributed by atoms with E-state index in [2.05, 4.69) is 29.8 Å². The van der Waals surface area contributed by atoms with Crippen LogP contribution in [0.25, 0.3) is 0 Å². The number of ether oxygens (including phenoxy) is 1. The molecular formula is C11H19NOS. The zero-order valence-electron chi connectivity index (χ0n) is 8.95. The quantitative estimate of drug-likeness (QED) is 0.703. The van der Waals surface area contributed by atoms with Crippen LogP contribution < -0.4 is 5.32 Å². The molecule has 1 aromatic rings. The van der Waals surface area contributed by atoms with Crippen molar-refractivity contribution in [1.82, 2.24) is 5.32 Å². The van der Waals surface area contributed by atoms with Crippen molar-refractivity contribution in [3.63, 3.8) is 0 Å². The minimum atomic E-state index is 0.469. The third kappa shape index (κ3) is 4.22. The summed E-state index contributed by atoms with van der Waals surface area (Å²) < 4.78 is 5.27. The van der Waals surface area contributed by atoms with Gasteiger partial charge < -0.3 is 10.1 Å². The van der Waals surface area contributed by atoms with Gasteiger partial charge in [-0.2, -0.15) is 0 Å². The summed E-state index contributed by atoms with van der Waals surface area (Å²) in [5.41, 5.74) is 0. The molecule has 0 bridgehead atoms. The van der Waals surface area contributed by atoms with Crippen molar-refractivity contribution in [2.75, 3.05) is 19.8 Å². The number of hydrogen-bond acceptors (Lipinski definition) is 3. The van der Waals surface area contributed by atoms with E-state index in [1.165, 1.54) is 4.88 Å². The van der Waals surface area contributed by atoms with E-state index in [1.54, 1.807) is 11.3 Å². The van der Waals surface area contributed by atoms with Gasteiger partial charge in [-0.15, -0.1) is 11.3 Å². The van der Waals surface area contributed by atoms with Gasteiger partial charge in [0.2, 0.25) is 0 Å². The maximum Gasteiger partial charge on any atom is 0.0477 e. The summed E-state index contributed by atoms with van der Waals surface area (Å²) in [4.78, 5) is 1.40. The SMILES string of the molecule is CCOCCCN[C@H](C)c1cccs1. The maximum atomic E-state index is 5.27. The van der Waals surface area contributed by atoms with Crippen molar-refractivity contribution in [3.8, 4) is 0 Å². The molecule has 1 aromatic heterocycles. The molecule has 3 heteroatoms. The van der Waals surface area contributed by atoms with Crippen molar-refractivity contribution >= 4 is 11.3 Å². The van der Waals surface area contributed by atoms with Crippen molar-refractivity contribution in [2.24, 2.45) is 0 Å². The Hall–Kier alpha value is -0.380. The summed E-state index contributed by atoms with van der Waals surface area (Å²) in [5, 5.41) is 5.59. The first-order chi connectivity index (χ1) is 6.84. The van der Waals surface area contributed by atoms with Gasteiger partial charge in [-0.25, -0.2) is 0 Å². The monoisotopic (exact) mass is 213 g/mol. The van der Waals surface area contributed by atoms with E-state index >= 15 is 0 Å². The molecule has 1 N–H and O–H groups in total. The summed E-state index contributed by atoms with van der Waals surface area (Å²) in [6.45, 7) is 6.94. The first kappa shape index (κ1) is 11.7. The Morgan fingerprint density at radius 2 is 2.43 bits per heavy atom. The Morgan fingerprint density at radius 3 is 3.07 bits per heavy atom. The minimum Gasteiger partial charge on any atom is -0.382 e. The van der Waals surface area contributed by atoms with E-state index in [9.17, 15) is 0 Å². The fraction of sp³-hybridized carbons (Fsp3) is 0.636. The Balaban J connectivity index is 2.07. The number of thiophene rings is 1. The average Bonchev–Trinajstić information content (AvgIpc) is 2.70. The Morgan fingerprint density at radius 1 is 1.57 bits per heavy atom. The predicted octanol–water partition coefficient (Wildman–Crippen LogP) is 2.83. The molecular weight excluding hydrogens is 194 g/mol. The minimum absolute atomic E-state index is 0.469. The maximum absolute atomic E-state index is 5.27. The van der Waals surface area contributed by atoms with Gasteiger partial charge in [0.05, 0.1) is 0 Å². The molecule has 0 aliphatic rings. The molecule has 0 aliphatic heterocycles. The summed E-state index contributed by atoms with van der Waals surface area (Å²) in [6, 6.07) is 4.74. The van der Waals surface area contributed by atoms with Crippen molar-refractivity contribution in [2.45, 2.75) is 26.3 Å². The summed E-state index contributed by atoms with van der Waals surface area (Å²) >= 11 is 1.81. The van der Waals surface area contributed by atoms with E-state index in [0.29, 0.717) is 6.04 Å². The molecule has 0 unspecified atom stereocenters. The first-order valence-corrected chi connectivity index (χ1v) is 6.07. The van der Waals surface area contributed by atoms with Crippen LogP contribution in [0.2, 0.25) is 0 Å². The summed E-state index contributed by atoms with van der Waals surface area (Å²) in [7, 11) is 0. The lowest BCUT2D eigenvalue weighted by atomic mass is 10.2. The van der Waals surface area contributed by atoms with Gasteiger partial charge in [0, 0.05) is 24.1 Å². The van der Waals surface area contributed by atoms with Crippen LogP contribution in [0.4, 0.5) is 0 Å². The van der Waals surface area contributed by atoms with Crippen LogP contribution in [-0.2, 0) is 4.74 Å². The molecule has 0 aliphatic carbocycles. The molecule has 1 heterocycles. The molecule has 1 atom stereocenters. The third-order valence-corrected chi connectivity index (χ3v) is 3.15. The van der Waals surface area contributed by atoms with E-state index in [-0.39, 0.29) is 0 Å².